The number of rotatable bonds is 6. The van der Waals surface area contributed by atoms with Crippen LogP contribution >= 0.6 is 24.0 Å². The summed E-state index contributed by atoms with van der Waals surface area (Å²) in [7, 11) is 3.49. The van der Waals surface area contributed by atoms with Gasteiger partial charge in [0.1, 0.15) is 5.75 Å². The van der Waals surface area contributed by atoms with Gasteiger partial charge in [0.25, 0.3) is 0 Å². The number of guanidine groups is 1. The average Bonchev–Trinajstić information content (AvgIpc) is 2.71. The molecular formula is C22H27IN4O. The Morgan fingerprint density at radius 2 is 1.93 bits per heavy atom. The second kappa shape index (κ2) is 10.8. The van der Waals surface area contributed by atoms with E-state index in [9.17, 15) is 0 Å². The normalized spacial score (nSPS) is 11.0. The smallest absolute Gasteiger partial charge is 0.191 e. The van der Waals surface area contributed by atoms with E-state index in [-0.39, 0.29) is 24.0 Å². The molecule has 2 aromatic carbocycles. The minimum absolute atomic E-state index is 0. The van der Waals surface area contributed by atoms with Crippen molar-refractivity contribution in [2.75, 3.05) is 20.7 Å². The summed E-state index contributed by atoms with van der Waals surface area (Å²) < 4.78 is 5.39. The van der Waals surface area contributed by atoms with Crippen LogP contribution in [0.2, 0.25) is 0 Å². The third-order valence-corrected chi connectivity index (χ3v) is 4.56. The van der Waals surface area contributed by atoms with Gasteiger partial charge in [0.2, 0.25) is 0 Å². The monoisotopic (exact) mass is 490 g/mol. The summed E-state index contributed by atoms with van der Waals surface area (Å²) in [5, 5.41) is 7.88. The molecule has 0 saturated carbocycles. The zero-order valence-corrected chi connectivity index (χ0v) is 18.9. The summed E-state index contributed by atoms with van der Waals surface area (Å²) in [6.45, 7) is 3.51. The van der Waals surface area contributed by atoms with Crippen molar-refractivity contribution in [3.63, 3.8) is 0 Å². The molecule has 3 rings (SSSR count). The second-order valence-electron chi connectivity index (χ2n) is 6.40. The van der Waals surface area contributed by atoms with Gasteiger partial charge < -0.3 is 15.4 Å². The van der Waals surface area contributed by atoms with Crippen LogP contribution in [0.1, 0.15) is 16.7 Å². The van der Waals surface area contributed by atoms with Crippen LogP contribution in [0.3, 0.4) is 0 Å². The van der Waals surface area contributed by atoms with Crippen LogP contribution in [-0.4, -0.2) is 31.6 Å². The molecule has 1 heterocycles. The maximum absolute atomic E-state index is 5.39. The van der Waals surface area contributed by atoms with E-state index in [4.69, 9.17) is 4.74 Å². The molecule has 1 aromatic heterocycles. The zero-order valence-electron chi connectivity index (χ0n) is 16.5. The van der Waals surface area contributed by atoms with E-state index in [0.717, 1.165) is 46.7 Å². The van der Waals surface area contributed by atoms with E-state index in [1.165, 1.54) is 5.56 Å². The molecule has 5 nitrogen and oxygen atoms in total. The Balaban J connectivity index is 0.00000280. The number of fused-ring (bicyclic) bond motifs is 1. The molecule has 148 valence electrons. The van der Waals surface area contributed by atoms with Gasteiger partial charge in [0.05, 0.1) is 12.6 Å². The molecule has 3 aromatic rings. The van der Waals surface area contributed by atoms with Crippen LogP contribution in [0.4, 0.5) is 0 Å². The van der Waals surface area contributed by atoms with Crippen LogP contribution in [0.25, 0.3) is 10.9 Å². The topological polar surface area (TPSA) is 58.5 Å². The number of hydrogen-bond acceptors (Lipinski definition) is 3. The summed E-state index contributed by atoms with van der Waals surface area (Å²) in [6.07, 6.45) is 2.72. The van der Waals surface area contributed by atoms with E-state index in [1.807, 2.05) is 12.3 Å². The molecule has 0 bridgehead atoms. The highest BCUT2D eigenvalue weighted by molar-refractivity contribution is 14.0. The lowest BCUT2D eigenvalue weighted by Gasteiger charge is -2.13. The minimum Gasteiger partial charge on any atom is -0.496 e. The van der Waals surface area contributed by atoms with E-state index in [1.54, 1.807) is 14.2 Å². The standard InChI is InChI=1S/C22H26N4O.HI/c1-16-9-10-17(14-20(16)27-3)11-13-25-22(23-2)26-15-19-7-4-6-18-8-5-12-24-21(18)19;/h4-10,12,14H,11,13,15H2,1-3H3,(H2,23,25,26);1H. The van der Waals surface area contributed by atoms with E-state index >= 15 is 0 Å². The van der Waals surface area contributed by atoms with Gasteiger partial charge in [-0.15, -0.1) is 24.0 Å². The number of nitrogens with zero attached hydrogens (tertiary/aromatic N) is 2. The van der Waals surface area contributed by atoms with Gasteiger partial charge in [-0.3, -0.25) is 9.98 Å². The highest BCUT2D eigenvalue weighted by Gasteiger charge is 2.04. The van der Waals surface area contributed by atoms with Gasteiger partial charge in [-0.25, -0.2) is 0 Å². The Morgan fingerprint density at radius 3 is 2.71 bits per heavy atom. The summed E-state index contributed by atoms with van der Waals surface area (Å²) >= 11 is 0. The van der Waals surface area contributed by atoms with E-state index < -0.39 is 0 Å². The first-order valence-corrected chi connectivity index (χ1v) is 9.12. The van der Waals surface area contributed by atoms with Crippen molar-refractivity contribution in [3.8, 4) is 5.75 Å². The number of pyridine rings is 1. The van der Waals surface area contributed by atoms with Crippen molar-refractivity contribution in [3.05, 3.63) is 71.4 Å². The van der Waals surface area contributed by atoms with Crippen LogP contribution in [0.5, 0.6) is 5.75 Å². The lowest BCUT2D eigenvalue weighted by molar-refractivity contribution is 0.411. The molecule has 28 heavy (non-hydrogen) atoms. The molecule has 0 atom stereocenters. The average molecular weight is 490 g/mol. The Labute approximate surface area is 183 Å². The van der Waals surface area contributed by atoms with Crippen molar-refractivity contribution in [1.82, 2.24) is 15.6 Å². The number of halogens is 1. The Bertz CT molecular complexity index is 937. The molecule has 0 aliphatic rings. The molecular weight excluding hydrogens is 463 g/mol. The van der Waals surface area contributed by atoms with Crippen LogP contribution < -0.4 is 15.4 Å². The minimum atomic E-state index is 0. The van der Waals surface area contributed by atoms with Gasteiger partial charge in [-0.2, -0.15) is 0 Å². The molecule has 0 aliphatic carbocycles. The van der Waals surface area contributed by atoms with Crippen molar-refractivity contribution in [1.29, 1.82) is 0 Å². The number of benzene rings is 2. The lowest BCUT2D eigenvalue weighted by atomic mass is 10.1. The quantitative estimate of drug-likeness (QED) is 0.311. The first kappa shape index (κ1) is 21.9. The fourth-order valence-corrected chi connectivity index (χ4v) is 3.05. The number of nitrogens with one attached hydrogen (secondary N) is 2. The molecule has 0 fully saturated rings. The first-order valence-electron chi connectivity index (χ1n) is 9.12. The molecule has 0 spiro atoms. The van der Waals surface area contributed by atoms with Gasteiger partial charge in [0.15, 0.2) is 5.96 Å². The number of para-hydroxylation sites is 1. The summed E-state index contributed by atoms with van der Waals surface area (Å²) in [5.74, 6) is 1.71. The van der Waals surface area contributed by atoms with Crippen molar-refractivity contribution >= 4 is 40.8 Å². The Kier molecular flexibility index (Phi) is 8.50. The van der Waals surface area contributed by atoms with Gasteiger partial charge >= 0.3 is 0 Å². The Hall–Kier alpha value is -2.35. The van der Waals surface area contributed by atoms with Gasteiger partial charge in [0, 0.05) is 31.7 Å². The molecule has 0 saturated heterocycles. The molecule has 2 N–H and O–H groups in total. The van der Waals surface area contributed by atoms with Gasteiger partial charge in [-0.05, 0) is 42.2 Å². The lowest BCUT2D eigenvalue weighted by Crippen LogP contribution is -2.37. The largest absolute Gasteiger partial charge is 0.496 e. The van der Waals surface area contributed by atoms with Crippen molar-refractivity contribution < 1.29 is 4.74 Å². The SMILES string of the molecule is CN=C(NCCc1ccc(C)c(OC)c1)NCc1cccc2cccnc12.I. The fourth-order valence-electron chi connectivity index (χ4n) is 3.05. The molecule has 6 heteroatoms. The number of aliphatic imine (C=N–C) groups is 1. The number of methoxy groups -OCH3 is 1. The van der Waals surface area contributed by atoms with E-state index in [0.29, 0.717) is 6.54 Å². The fraction of sp³-hybridized carbons (Fsp3) is 0.273. The molecule has 0 radical (unpaired) electrons. The summed E-state index contributed by atoms with van der Waals surface area (Å²) in [6, 6.07) is 16.6. The maximum Gasteiger partial charge on any atom is 0.191 e. The maximum atomic E-state index is 5.39. The second-order valence-corrected chi connectivity index (χ2v) is 6.40. The highest BCUT2D eigenvalue weighted by atomic mass is 127. The highest BCUT2D eigenvalue weighted by Crippen LogP contribution is 2.19. The predicted molar refractivity (Wildman–Crippen MR) is 127 cm³/mol. The van der Waals surface area contributed by atoms with Crippen LogP contribution in [0, 0.1) is 6.92 Å². The van der Waals surface area contributed by atoms with Gasteiger partial charge in [-0.1, -0.05) is 36.4 Å². The predicted octanol–water partition coefficient (Wildman–Crippen LogP) is 4.08. The first-order chi connectivity index (χ1) is 13.2. The number of hydrogen-bond donors (Lipinski definition) is 2. The van der Waals surface area contributed by atoms with Crippen molar-refractivity contribution in [2.24, 2.45) is 4.99 Å². The third-order valence-electron chi connectivity index (χ3n) is 4.56. The zero-order chi connectivity index (χ0) is 19.1. The number of aromatic nitrogens is 1. The Morgan fingerprint density at radius 1 is 1.11 bits per heavy atom. The molecule has 0 unspecified atom stereocenters. The summed E-state index contributed by atoms with van der Waals surface area (Å²) in [4.78, 5) is 8.81. The van der Waals surface area contributed by atoms with Crippen LogP contribution in [0.15, 0.2) is 59.7 Å². The molecule has 0 amide bonds. The van der Waals surface area contributed by atoms with Crippen LogP contribution in [-0.2, 0) is 13.0 Å². The van der Waals surface area contributed by atoms with Crippen molar-refractivity contribution in [2.45, 2.75) is 19.9 Å². The molecule has 0 aliphatic heterocycles. The number of ether oxygens (including phenoxy) is 1. The summed E-state index contributed by atoms with van der Waals surface area (Å²) in [5.41, 5.74) is 4.56. The van der Waals surface area contributed by atoms with E-state index in [2.05, 4.69) is 70.0 Å². The third kappa shape index (κ3) is 5.58. The number of aryl methyl sites for hydroxylation is 1.